The highest BCUT2D eigenvalue weighted by Gasteiger charge is 2.38. The van der Waals surface area contributed by atoms with Gasteiger partial charge in [0.1, 0.15) is 22.7 Å². The van der Waals surface area contributed by atoms with Crippen molar-refractivity contribution in [2.75, 3.05) is 4.72 Å². The minimum Gasteiger partial charge on any atom is -0.475 e. The molecule has 0 aromatic carbocycles. The molecule has 2 unspecified atom stereocenters. The Bertz CT molecular complexity index is 1300. The number of carbonyl (C=O) groups excluding carboxylic acids is 1. The molecule has 2 atom stereocenters. The number of pyridine rings is 2. The van der Waals surface area contributed by atoms with Crippen LogP contribution in [0.4, 0.5) is 18.9 Å². The third kappa shape index (κ3) is 9.32. The van der Waals surface area contributed by atoms with E-state index < -0.39 is 45.8 Å². The number of anilines is 1. The van der Waals surface area contributed by atoms with E-state index in [9.17, 15) is 31.2 Å². The number of rotatable bonds is 9. The van der Waals surface area contributed by atoms with Crippen LogP contribution in [-0.4, -0.2) is 53.2 Å². The number of oxime groups is 1. The van der Waals surface area contributed by atoms with Crippen molar-refractivity contribution >= 4 is 33.5 Å². The molecule has 0 aliphatic heterocycles. The van der Waals surface area contributed by atoms with Gasteiger partial charge in [-0.15, -0.1) is 0 Å². The molecule has 2 rings (SSSR count). The van der Waals surface area contributed by atoms with Crippen LogP contribution < -0.4 is 27.5 Å². The third-order valence-corrected chi connectivity index (χ3v) is 5.64. The fraction of sp³-hybridized carbons (Fsp3) is 0.316. The Hall–Kier alpha value is -4.35. The number of aliphatic carboxylic acids is 1. The fourth-order valence-corrected chi connectivity index (χ4v) is 3.70. The summed E-state index contributed by atoms with van der Waals surface area (Å²) in [7, 11) is -4.06. The number of aryl methyl sites for hydroxylation is 1. The van der Waals surface area contributed by atoms with E-state index in [4.69, 9.17) is 31.9 Å². The summed E-state index contributed by atoms with van der Waals surface area (Å²) in [4.78, 5) is 42.6. The van der Waals surface area contributed by atoms with Gasteiger partial charge in [-0.2, -0.15) is 13.2 Å². The molecule has 0 radical (unpaired) electrons. The number of halogens is 3. The quantitative estimate of drug-likeness (QED) is 0.159. The molecule has 0 aliphatic carbocycles. The fourth-order valence-electron chi connectivity index (χ4n) is 2.68. The number of sulfonamides is 1. The number of nitrogens with one attached hydrogen (secondary N) is 1. The molecule has 0 bridgehead atoms. The van der Waals surface area contributed by atoms with Gasteiger partial charge in [-0.3, -0.25) is 23.9 Å². The summed E-state index contributed by atoms with van der Waals surface area (Å²) in [5, 5.41) is 10.5. The van der Waals surface area contributed by atoms with Crippen LogP contribution in [0.1, 0.15) is 25.1 Å². The molecule has 8 N–H and O–H groups in total. The molecule has 2 aromatic rings. The molecule has 0 spiro atoms. The predicted octanol–water partition coefficient (Wildman–Crippen LogP) is -0.00418. The summed E-state index contributed by atoms with van der Waals surface area (Å²) in [5.74, 6) is -3.88. The van der Waals surface area contributed by atoms with Crippen LogP contribution in [0.2, 0.25) is 0 Å². The van der Waals surface area contributed by atoms with Gasteiger partial charge in [0.15, 0.2) is 0 Å². The van der Waals surface area contributed by atoms with Crippen molar-refractivity contribution in [1.82, 2.24) is 9.55 Å². The van der Waals surface area contributed by atoms with Gasteiger partial charge >= 0.3 is 12.1 Å². The number of nitrogens with zero attached hydrogens (tertiary/aromatic N) is 3. The molecule has 2 aromatic heterocycles. The number of carbonyl (C=O) groups is 2. The lowest BCUT2D eigenvalue weighted by Gasteiger charge is -2.22. The molecule has 14 nitrogen and oxygen atoms in total. The number of hydrogen-bond donors (Lipinski definition) is 5. The van der Waals surface area contributed by atoms with Crippen molar-refractivity contribution in [3.05, 3.63) is 52.7 Å². The molecular formula is C19H24F3N7O7S. The van der Waals surface area contributed by atoms with Gasteiger partial charge in [-0.25, -0.2) is 13.2 Å². The number of nitrogens with two attached hydrogens (primary N) is 3. The summed E-state index contributed by atoms with van der Waals surface area (Å²) in [6.45, 7) is 3.16. The summed E-state index contributed by atoms with van der Waals surface area (Å²) < 4.78 is 60.1. The monoisotopic (exact) mass is 551 g/mol. The molecule has 1 amide bonds. The Morgan fingerprint density at radius 3 is 2.30 bits per heavy atom. The minimum atomic E-state index is -5.08. The van der Waals surface area contributed by atoms with Crippen LogP contribution >= 0.6 is 0 Å². The topological polar surface area (TPSA) is 235 Å². The van der Waals surface area contributed by atoms with Crippen molar-refractivity contribution in [3.63, 3.8) is 0 Å². The average Bonchev–Trinajstić information content (AvgIpc) is 2.79. The molecule has 18 heteroatoms. The standard InChI is InChI=1S/C17H23N7O5S.C2HF3O2/c1-10-5-6-13(23-30(27,28)12-4-3-7-21-9-12)16(26)24(10)14(15(18)25)8-11(2)29-22-17(19)20;3-2(4,5)1(6)7/h3-7,9,11,14,23H,8H2,1-2H3,(H2,18,25)(H4,19,20,22);(H,6,7). The second kappa shape index (κ2) is 12.6. The molecule has 0 aliphatic rings. The van der Waals surface area contributed by atoms with Gasteiger partial charge in [0.2, 0.25) is 11.9 Å². The van der Waals surface area contributed by atoms with Crippen molar-refractivity contribution < 1.29 is 41.1 Å². The first-order valence-electron chi connectivity index (χ1n) is 9.96. The van der Waals surface area contributed by atoms with Crippen LogP contribution in [0.5, 0.6) is 0 Å². The van der Waals surface area contributed by atoms with Gasteiger partial charge in [0.05, 0.1) is 0 Å². The van der Waals surface area contributed by atoms with Crippen molar-refractivity contribution in [3.8, 4) is 0 Å². The number of guanidine groups is 1. The van der Waals surface area contributed by atoms with Crippen LogP contribution in [0.25, 0.3) is 0 Å². The number of alkyl halides is 3. The Morgan fingerprint density at radius 1 is 1.24 bits per heavy atom. The summed E-state index contributed by atoms with van der Waals surface area (Å²) in [6, 6.07) is 4.43. The van der Waals surface area contributed by atoms with E-state index in [1.165, 1.54) is 30.5 Å². The molecule has 0 saturated carbocycles. The first kappa shape index (κ1) is 30.7. The molecule has 0 saturated heterocycles. The average molecular weight is 552 g/mol. The lowest BCUT2D eigenvalue weighted by atomic mass is 10.1. The minimum absolute atomic E-state index is 0.0360. The second-order valence-electron chi connectivity index (χ2n) is 7.25. The van der Waals surface area contributed by atoms with Crippen molar-refractivity contribution in [2.45, 2.75) is 43.5 Å². The number of aromatic nitrogens is 2. The number of carboxylic acids is 1. The molecule has 204 valence electrons. The van der Waals surface area contributed by atoms with Gasteiger partial charge in [0.25, 0.3) is 15.6 Å². The van der Waals surface area contributed by atoms with Gasteiger partial charge in [-0.05, 0) is 43.3 Å². The van der Waals surface area contributed by atoms with E-state index in [0.29, 0.717) is 5.69 Å². The Labute approximate surface area is 207 Å². The second-order valence-corrected chi connectivity index (χ2v) is 8.93. The van der Waals surface area contributed by atoms with E-state index in [2.05, 4.69) is 14.9 Å². The van der Waals surface area contributed by atoms with E-state index >= 15 is 0 Å². The van der Waals surface area contributed by atoms with E-state index in [1.54, 1.807) is 13.8 Å². The van der Waals surface area contributed by atoms with E-state index in [-0.39, 0.29) is 23.0 Å². The summed E-state index contributed by atoms with van der Waals surface area (Å²) >= 11 is 0. The first-order chi connectivity index (χ1) is 17.0. The SMILES string of the molecule is Cc1ccc(NS(=O)(=O)c2cccnc2)c(=O)n1C(CC(C)ON=C(N)N)C(N)=O.O=C(O)C(F)(F)F. The normalized spacial score (nSPS) is 12.8. The maximum atomic E-state index is 13.0. The van der Waals surface area contributed by atoms with Gasteiger partial charge in [-0.1, -0.05) is 0 Å². The predicted molar refractivity (Wildman–Crippen MR) is 123 cm³/mol. The highest BCUT2D eigenvalue weighted by atomic mass is 32.2. The van der Waals surface area contributed by atoms with E-state index in [1.807, 2.05) is 0 Å². The number of carboxylic acid groups (broad SMARTS) is 1. The Kier molecular flexibility index (Phi) is 10.4. The molecule has 2 heterocycles. The molecular weight excluding hydrogens is 527 g/mol. The maximum absolute atomic E-state index is 13.0. The van der Waals surface area contributed by atoms with Crippen molar-refractivity contribution in [1.29, 1.82) is 0 Å². The van der Waals surface area contributed by atoms with Gasteiger partial charge < -0.3 is 27.1 Å². The van der Waals surface area contributed by atoms with Crippen molar-refractivity contribution in [2.24, 2.45) is 22.4 Å². The van der Waals surface area contributed by atoms with Crippen LogP contribution in [0, 0.1) is 6.92 Å². The summed E-state index contributed by atoms with van der Waals surface area (Å²) in [6.07, 6.45) is -3.23. The molecule has 37 heavy (non-hydrogen) atoms. The zero-order chi connectivity index (χ0) is 28.6. The van der Waals surface area contributed by atoms with Gasteiger partial charge in [0, 0.05) is 24.5 Å². The third-order valence-electron chi connectivity index (χ3n) is 4.29. The van der Waals surface area contributed by atoms with Crippen LogP contribution in [0.3, 0.4) is 0 Å². The Morgan fingerprint density at radius 2 is 1.84 bits per heavy atom. The van der Waals surface area contributed by atoms with Crippen LogP contribution in [-0.2, 0) is 24.4 Å². The van der Waals surface area contributed by atoms with E-state index in [0.717, 1.165) is 10.8 Å². The number of hydrogen-bond acceptors (Lipinski definition) is 8. The highest BCUT2D eigenvalue weighted by Crippen LogP contribution is 2.19. The zero-order valence-corrected chi connectivity index (χ0v) is 20.2. The number of amides is 1. The largest absolute Gasteiger partial charge is 0.490 e. The maximum Gasteiger partial charge on any atom is 0.490 e. The smallest absolute Gasteiger partial charge is 0.475 e. The first-order valence-corrected chi connectivity index (χ1v) is 11.4. The Balaban J connectivity index is 0.000000856. The lowest BCUT2D eigenvalue weighted by molar-refractivity contribution is -0.192. The lowest BCUT2D eigenvalue weighted by Crippen LogP contribution is -2.38. The summed E-state index contributed by atoms with van der Waals surface area (Å²) in [5.41, 5.74) is 15.3. The zero-order valence-electron chi connectivity index (χ0n) is 19.3. The van der Waals surface area contributed by atoms with Crippen LogP contribution in [0.15, 0.2) is 51.5 Å². The molecule has 0 fully saturated rings. The number of primary amides is 1. The highest BCUT2D eigenvalue weighted by molar-refractivity contribution is 7.92.